The summed E-state index contributed by atoms with van der Waals surface area (Å²) in [6, 6.07) is 3.87. The molecule has 0 bridgehead atoms. The van der Waals surface area contributed by atoms with Gasteiger partial charge in [-0.1, -0.05) is 30.2 Å². The van der Waals surface area contributed by atoms with E-state index in [2.05, 4.69) is 15.5 Å². The van der Waals surface area contributed by atoms with Crippen molar-refractivity contribution in [2.75, 3.05) is 5.32 Å². The lowest BCUT2D eigenvalue weighted by Gasteiger charge is -2.26. The lowest BCUT2D eigenvalue weighted by molar-refractivity contribution is -0.147. The number of carboxylic acids is 1. The molecule has 0 radical (unpaired) electrons. The topological polar surface area (TPSA) is 92.2 Å². The van der Waals surface area contributed by atoms with E-state index in [-0.39, 0.29) is 5.91 Å². The minimum atomic E-state index is -0.892. The molecule has 8 heteroatoms. The first-order chi connectivity index (χ1) is 10.6. The Kier molecular flexibility index (Phi) is 4.49. The zero-order valence-corrected chi connectivity index (χ0v) is 13.3. The largest absolute Gasteiger partial charge is 0.481 e. The first-order valence-corrected chi connectivity index (χ1v) is 8.76. The van der Waals surface area contributed by atoms with Crippen molar-refractivity contribution in [2.24, 2.45) is 11.8 Å². The minimum absolute atomic E-state index is 0.263. The molecule has 0 unspecified atom stereocenters. The highest BCUT2D eigenvalue weighted by Gasteiger charge is 2.36. The Hall–Kier alpha value is -1.80. The summed E-state index contributed by atoms with van der Waals surface area (Å²) >= 11 is 2.86. The molecule has 6 nitrogen and oxygen atoms in total. The molecule has 2 aromatic rings. The molecule has 3 rings (SSSR count). The van der Waals surface area contributed by atoms with Gasteiger partial charge in [0.25, 0.3) is 0 Å². The highest BCUT2D eigenvalue weighted by molar-refractivity contribution is 7.23. The molecule has 1 saturated carbocycles. The molecule has 1 aliphatic rings. The van der Waals surface area contributed by atoms with Crippen LogP contribution in [0.25, 0.3) is 9.88 Å². The molecule has 22 heavy (non-hydrogen) atoms. The summed E-state index contributed by atoms with van der Waals surface area (Å²) in [6.07, 6.45) is 2.92. The van der Waals surface area contributed by atoms with Crippen molar-refractivity contribution < 1.29 is 14.7 Å². The van der Waals surface area contributed by atoms with Crippen molar-refractivity contribution >= 4 is 39.7 Å². The molecule has 0 aromatic carbocycles. The summed E-state index contributed by atoms with van der Waals surface area (Å²) in [6.45, 7) is 0. The maximum atomic E-state index is 12.3. The third-order valence-corrected chi connectivity index (χ3v) is 5.68. The van der Waals surface area contributed by atoms with Gasteiger partial charge in [0.15, 0.2) is 5.01 Å². The van der Waals surface area contributed by atoms with Gasteiger partial charge < -0.3 is 10.4 Å². The number of carbonyl (C=O) groups is 2. The molecule has 0 aliphatic heterocycles. The maximum absolute atomic E-state index is 12.3. The number of carboxylic acid groups (broad SMARTS) is 1. The van der Waals surface area contributed by atoms with Gasteiger partial charge in [-0.2, -0.15) is 0 Å². The van der Waals surface area contributed by atoms with Crippen molar-refractivity contribution in [3.05, 3.63) is 17.5 Å². The van der Waals surface area contributed by atoms with Crippen molar-refractivity contribution in [3.63, 3.8) is 0 Å². The second kappa shape index (κ2) is 6.53. The Bertz CT molecular complexity index is 669. The maximum Gasteiger partial charge on any atom is 0.307 e. The number of amides is 1. The van der Waals surface area contributed by atoms with Gasteiger partial charge in [0.05, 0.1) is 16.7 Å². The van der Waals surface area contributed by atoms with Crippen LogP contribution in [0.15, 0.2) is 17.5 Å². The van der Waals surface area contributed by atoms with Crippen molar-refractivity contribution in [1.29, 1.82) is 0 Å². The zero-order valence-electron chi connectivity index (χ0n) is 11.7. The third-order valence-electron chi connectivity index (χ3n) is 3.81. The van der Waals surface area contributed by atoms with E-state index >= 15 is 0 Å². The van der Waals surface area contributed by atoms with Gasteiger partial charge in [0, 0.05) is 0 Å². The number of rotatable bonds is 4. The van der Waals surface area contributed by atoms with E-state index in [0.717, 1.165) is 22.7 Å². The van der Waals surface area contributed by atoms with Crippen LogP contribution in [-0.2, 0) is 9.59 Å². The van der Waals surface area contributed by atoms with Gasteiger partial charge in [0.1, 0.15) is 0 Å². The van der Waals surface area contributed by atoms with E-state index in [1.807, 2.05) is 17.5 Å². The Balaban J connectivity index is 1.70. The SMILES string of the molecule is O=C(O)[C@H]1CCCC[C@H]1C(=O)Nc1nnc(-c2cccs2)s1. The van der Waals surface area contributed by atoms with E-state index in [0.29, 0.717) is 18.0 Å². The van der Waals surface area contributed by atoms with Crippen LogP contribution in [0, 0.1) is 11.8 Å². The average Bonchev–Trinajstić information content (AvgIpc) is 3.17. The monoisotopic (exact) mass is 337 g/mol. The van der Waals surface area contributed by atoms with Gasteiger partial charge in [-0.05, 0) is 24.3 Å². The Labute approximate surface area is 135 Å². The van der Waals surface area contributed by atoms with Crippen LogP contribution in [0.5, 0.6) is 0 Å². The molecule has 1 aliphatic carbocycles. The van der Waals surface area contributed by atoms with Crippen LogP contribution in [0.2, 0.25) is 0 Å². The van der Waals surface area contributed by atoms with E-state index in [1.54, 1.807) is 11.3 Å². The molecule has 0 saturated heterocycles. The molecule has 2 atom stereocenters. The van der Waals surface area contributed by atoms with Gasteiger partial charge in [-0.25, -0.2) is 0 Å². The van der Waals surface area contributed by atoms with Crippen molar-refractivity contribution in [3.8, 4) is 9.88 Å². The van der Waals surface area contributed by atoms with Gasteiger partial charge >= 0.3 is 5.97 Å². The minimum Gasteiger partial charge on any atom is -0.481 e. The molecular weight excluding hydrogens is 322 g/mol. The predicted molar refractivity (Wildman–Crippen MR) is 84.9 cm³/mol. The van der Waals surface area contributed by atoms with E-state index in [9.17, 15) is 14.7 Å². The van der Waals surface area contributed by atoms with Crippen molar-refractivity contribution in [2.45, 2.75) is 25.7 Å². The van der Waals surface area contributed by atoms with Crippen LogP contribution in [0.1, 0.15) is 25.7 Å². The molecule has 2 heterocycles. The number of hydrogen-bond acceptors (Lipinski definition) is 6. The zero-order chi connectivity index (χ0) is 15.5. The summed E-state index contributed by atoms with van der Waals surface area (Å²) in [5.41, 5.74) is 0. The number of anilines is 1. The number of nitrogens with zero attached hydrogens (tertiary/aromatic N) is 2. The van der Waals surface area contributed by atoms with Gasteiger partial charge in [0.2, 0.25) is 11.0 Å². The first-order valence-electron chi connectivity index (χ1n) is 7.06. The number of aliphatic carboxylic acids is 1. The quantitative estimate of drug-likeness (QED) is 0.894. The third kappa shape index (κ3) is 3.17. The lowest BCUT2D eigenvalue weighted by atomic mass is 9.79. The van der Waals surface area contributed by atoms with Crippen LogP contribution in [0.3, 0.4) is 0 Å². The highest BCUT2D eigenvalue weighted by Crippen LogP contribution is 2.33. The molecule has 2 N–H and O–H groups in total. The summed E-state index contributed by atoms with van der Waals surface area (Å²) in [7, 11) is 0. The van der Waals surface area contributed by atoms with Crippen LogP contribution in [0.4, 0.5) is 5.13 Å². The number of carbonyl (C=O) groups excluding carboxylic acids is 1. The normalized spacial score (nSPS) is 21.5. The number of thiophene rings is 1. The fourth-order valence-electron chi connectivity index (χ4n) is 2.71. The molecule has 1 fully saturated rings. The second-order valence-corrected chi connectivity index (χ2v) is 7.14. The van der Waals surface area contributed by atoms with E-state index in [4.69, 9.17) is 0 Å². The second-order valence-electron chi connectivity index (χ2n) is 5.21. The summed E-state index contributed by atoms with van der Waals surface area (Å²) in [5.74, 6) is -2.24. The Morgan fingerprint density at radius 3 is 2.68 bits per heavy atom. The number of hydrogen-bond donors (Lipinski definition) is 2. The first kappa shape index (κ1) is 15.1. The van der Waals surface area contributed by atoms with Crippen molar-refractivity contribution in [1.82, 2.24) is 10.2 Å². The highest BCUT2D eigenvalue weighted by atomic mass is 32.1. The summed E-state index contributed by atoms with van der Waals surface area (Å²) in [5, 5.41) is 23.1. The average molecular weight is 337 g/mol. The van der Waals surface area contributed by atoms with Crippen LogP contribution < -0.4 is 5.32 Å². The summed E-state index contributed by atoms with van der Waals surface area (Å²) < 4.78 is 0. The van der Waals surface area contributed by atoms with Crippen LogP contribution in [-0.4, -0.2) is 27.2 Å². The van der Waals surface area contributed by atoms with E-state index in [1.165, 1.54) is 11.3 Å². The number of nitrogens with one attached hydrogen (secondary N) is 1. The fraction of sp³-hybridized carbons (Fsp3) is 0.429. The summed E-state index contributed by atoms with van der Waals surface area (Å²) in [4.78, 5) is 24.6. The van der Waals surface area contributed by atoms with E-state index < -0.39 is 17.8 Å². The Morgan fingerprint density at radius 1 is 1.23 bits per heavy atom. The van der Waals surface area contributed by atoms with Crippen LogP contribution >= 0.6 is 22.7 Å². The lowest BCUT2D eigenvalue weighted by Crippen LogP contribution is -2.36. The molecule has 2 aromatic heterocycles. The standard InChI is InChI=1S/C14H15N3O3S2/c18-11(8-4-1-2-5-9(8)13(19)20)15-14-17-16-12(22-14)10-6-3-7-21-10/h3,6-9H,1-2,4-5H2,(H,19,20)(H,15,17,18)/t8-,9+/m1/s1. The molecule has 1 amide bonds. The molecule has 0 spiro atoms. The van der Waals surface area contributed by atoms with Gasteiger partial charge in [-0.3, -0.25) is 9.59 Å². The predicted octanol–water partition coefficient (Wildman–Crippen LogP) is 3.10. The number of aromatic nitrogens is 2. The smallest absolute Gasteiger partial charge is 0.307 e. The molecule has 116 valence electrons. The fourth-order valence-corrected chi connectivity index (χ4v) is 4.25. The molecular formula is C14H15N3O3S2. The Morgan fingerprint density at radius 2 is 2.00 bits per heavy atom. The van der Waals surface area contributed by atoms with Gasteiger partial charge in [-0.15, -0.1) is 21.5 Å².